The van der Waals surface area contributed by atoms with Crippen LogP contribution >= 0.6 is 11.6 Å². The van der Waals surface area contributed by atoms with E-state index in [1.165, 1.54) is 6.26 Å². The molecule has 0 aliphatic carbocycles. The summed E-state index contributed by atoms with van der Waals surface area (Å²) in [5, 5.41) is 3.42. The number of ether oxygens (including phenoxy) is 1. The van der Waals surface area contributed by atoms with Crippen molar-refractivity contribution in [3.8, 4) is 5.75 Å². The van der Waals surface area contributed by atoms with E-state index in [2.05, 4.69) is 5.32 Å². The maximum atomic E-state index is 13.4. The van der Waals surface area contributed by atoms with Crippen LogP contribution < -0.4 is 10.1 Å². The molecule has 2 atom stereocenters. The topological polar surface area (TPSA) is 71.8 Å². The molecule has 0 spiro atoms. The van der Waals surface area contributed by atoms with Crippen molar-refractivity contribution < 1.29 is 18.7 Å². The van der Waals surface area contributed by atoms with Crippen LogP contribution in [0.4, 0.5) is 5.69 Å². The minimum atomic E-state index is -0.698. The summed E-state index contributed by atoms with van der Waals surface area (Å²) in [4.78, 5) is 28.2. The van der Waals surface area contributed by atoms with Crippen molar-refractivity contribution in [2.75, 3.05) is 11.9 Å². The second kappa shape index (κ2) is 10.9. The standard InChI is InChI=1S/C30H27ClN2O4/c1-2-26(29(34)32-23-11-6-10-22(31)18-23)37-24-14-13-20-15-16-33(30(35)27-12-7-17-36-27)28(25(20)19-24)21-8-4-3-5-9-21/h3-14,17-19,26,28H,2,15-16H2,1H3,(H,32,34)/t26-,28-/m0/s1. The van der Waals surface area contributed by atoms with Crippen molar-refractivity contribution in [1.29, 1.82) is 0 Å². The molecule has 6 nitrogen and oxygen atoms in total. The number of carbonyl (C=O) groups is 2. The largest absolute Gasteiger partial charge is 0.481 e. The number of rotatable bonds is 7. The van der Waals surface area contributed by atoms with Crippen LogP contribution in [0.2, 0.25) is 5.02 Å². The van der Waals surface area contributed by atoms with E-state index >= 15 is 0 Å². The number of hydrogen-bond donors (Lipinski definition) is 1. The maximum Gasteiger partial charge on any atom is 0.290 e. The summed E-state index contributed by atoms with van der Waals surface area (Å²) < 4.78 is 11.6. The van der Waals surface area contributed by atoms with Gasteiger partial charge in [-0.05, 0) is 72.0 Å². The van der Waals surface area contributed by atoms with Crippen LogP contribution in [-0.2, 0) is 11.2 Å². The van der Waals surface area contributed by atoms with Crippen molar-refractivity contribution in [3.63, 3.8) is 0 Å². The Kier molecular flexibility index (Phi) is 7.28. The molecular weight excluding hydrogens is 488 g/mol. The third kappa shape index (κ3) is 5.39. The molecule has 0 radical (unpaired) electrons. The summed E-state index contributed by atoms with van der Waals surface area (Å²) >= 11 is 6.05. The monoisotopic (exact) mass is 514 g/mol. The Bertz CT molecular complexity index is 1390. The smallest absolute Gasteiger partial charge is 0.290 e. The Hall–Kier alpha value is -4.03. The van der Waals surface area contributed by atoms with E-state index in [0.29, 0.717) is 41.6 Å². The molecule has 1 aliphatic rings. The number of nitrogens with zero attached hydrogens (tertiary/aromatic N) is 1. The minimum absolute atomic E-state index is 0.164. The average molecular weight is 515 g/mol. The maximum absolute atomic E-state index is 13.4. The van der Waals surface area contributed by atoms with Gasteiger partial charge in [-0.2, -0.15) is 0 Å². The Labute approximate surface area is 220 Å². The summed E-state index contributed by atoms with van der Waals surface area (Å²) in [6.07, 6.45) is 2.00. The number of benzene rings is 3. The van der Waals surface area contributed by atoms with Gasteiger partial charge in [-0.1, -0.05) is 61.0 Å². The first-order valence-corrected chi connectivity index (χ1v) is 12.7. The molecule has 4 aromatic rings. The number of anilines is 1. The van der Waals surface area contributed by atoms with Gasteiger partial charge in [-0.25, -0.2) is 0 Å². The lowest BCUT2D eigenvalue weighted by Crippen LogP contribution is -2.40. The summed E-state index contributed by atoms with van der Waals surface area (Å²) in [5.74, 6) is 0.459. The zero-order chi connectivity index (χ0) is 25.8. The van der Waals surface area contributed by atoms with Crippen LogP contribution in [0, 0.1) is 0 Å². The molecule has 0 saturated heterocycles. The summed E-state index contributed by atoms with van der Waals surface area (Å²) in [6, 6.07) is 25.9. The Morgan fingerprint density at radius 2 is 1.89 bits per heavy atom. The zero-order valence-corrected chi connectivity index (χ0v) is 21.2. The van der Waals surface area contributed by atoms with Crippen LogP contribution in [0.3, 0.4) is 0 Å². The van der Waals surface area contributed by atoms with Gasteiger partial charge in [0.05, 0.1) is 12.3 Å². The number of furan rings is 1. The molecule has 2 heterocycles. The molecule has 1 aromatic heterocycles. The Balaban J connectivity index is 1.44. The zero-order valence-electron chi connectivity index (χ0n) is 20.4. The van der Waals surface area contributed by atoms with E-state index in [4.69, 9.17) is 20.8 Å². The molecule has 188 valence electrons. The number of fused-ring (bicyclic) bond motifs is 1. The highest BCUT2D eigenvalue weighted by molar-refractivity contribution is 6.30. The molecule has 37 heavy (non-hydrogen) atoms. The van der Waals surface area contributed by atoms with Crippen LogP contribution in [-0.4, -0.2) is 29.4 Å². The SMILES string of the molecule is CC[C@H](Oc1ccc2c(c1)[C@H](c1ccccc1)N(C(=O)c1ccco1)CC2)C(=O)Nc1cccc(Cl)c1. The first-order chi connectivity index (χ1) is 18.0. The third-order valence-electron chi connectivity index (χ3n) is 6.49. The van der Waals surface area contributed by atoms with Crippen LogP contribution in [0.1, 0.15) is 46.6 Å². The Morgan fingerprint density at radius 3 is 2.62 bits per heavy atom. The molecule has 0 unspecified atom stereocenters. The van der Waals surface area contributed by atoms with E-state index in [0.717, 1.165) is 16.7 Å². The second-order valence-corrected chi connectivity index (χ2v) is 9.35. The number of amides is 2. The average Bonchev–Trinajstić information content (AvgIpc) is 3.46. The highest BCUT2D eigenvalue weighted by Gasteiger charge is 2.34. The van der Waals surface area contributed by atoms with Crippen LogP contribution in [0.25, 0.3) is 0 Å². The van der Waals surface area contributed by atoms with E-state index in [9.17, 15) is 9.59 Å². The van der Waals surface area contributed by atoms with Gasteiger partial charge in [-0.15, -0.1) is 0 Å². The lowest BCUT2D eigenvalue weighted by molar-refractivity contribution is -0.122. The van der Waals surface area contributed by atoms with E-state index in [-0.39, 0.29) is 17.9 Å². The Morgan fingerprint density at radius 1 is 1.05 bits per heavy atom. The van der Waals surface area contributed by atoms with Gasteiger partial charge in [0.15, 0.2) is 11.9 Å². The van der Waals surface area contributed by atoms with Gasteiger partial charge in [0.1, 0.15) is 5.75 Å². The molecule has 0 saturated carbocycles. The van der Waals surface area contributed by atoms with E-state index < -0.39 is 6.10 Å². The summed E-state index contributed by atoms with van der Waals surface area (Å²) in [6.45, 7) is 2.46. The highest BCUT2D eigenvalue weighted by atomic mass is 35.5. The van der Waals surface area contributed by atoms with Gasteiger partial charge in [0, 0.05) is 17.3 Å². The third-order valence-corrected chi connectivity index (χ3v) is 6.72. The second-order valence-electron chi connectivity index (χ2n) is 8.91. The van der Waals surface area contributed by atoms with Gasteiger partial charge in [0.2, 0.25) is 0 Å². The predicted molar refractivity (Wildman–Crippen MR) is 143 cm³/mol. The number of hydrogen-bond acceptors (Lipinski definition) is 4. The van der Waals surface area contributed by atoms with Gasteiger partial charge in [-0.3, -0.25) is 9.59 Å². The van der Waals surface area contributed by atoms with E-state index in [1.54, 1.807) is 36.4 Å². The quantitative estimate of drug-likeness (QED) is 0.305. The first kappa shape index (κ1) is 24.7. The number of halogens is 1. The lowest BCUT2D eigenvalue weighted by atomic mass is 9.87. The van der Waals surface area contributed by atoms with Crippen LogP contribution in [0.15, 0.2) is 95.6 Å². The highest BCUT2D eigenvalue weighted by Crippen LogP contribution is 2.38. The molecule has 1 aliphatic heterocycles. The first-order valence-electron chi connectivity index (χ1n) is 12.3. The molecular formula is C30H27ClN2O4. The lowest BCUT2D eigenvalue weighted by Gasteiger charge is -2.37. The minimum Gasteiger partial charge on any atom is -0.481 e. The molecule has 0 fully saturated rings. The molecule has 1 N–H and O–H groups in total. The number of nitrogens with one attached hydrogen (secondary N) is 1. The fraction of sp³-hybridized carbons (Fsp3) is 0.200. The van der Waals surface area contributed by atoms with Gasteiger partial charge >= 0.3 is 0 Å². The molecule has 0 bridgehead atoms. The van der Waals surface area contributed by atoms with Crippen molar-refractivity contribution in [2.45, 2.75) is 31.9 Å². The summed E-state index contributed by atoms with van der Waals surface area (Å²) in [7, 11) is 0. The molecule has 5 rings (SSSR count). The fourth-order valence-corrected chi connectivity index (χ4v) is 4.89. The molecule has 2 amide bonds. The van der Waals surface area contributed by atoms with Crippen molar-refractivity contribution in [3.05, 3.63) is 119 Å². The normalized spacial score (nSPS) is 15.5. The van der Waals surface area contributed by atoms with Crippen molar-refractivity contribution >= 4 is 29.1 Å². The molecule has 3 aromatic carbocycles. The fourth-order valence-electron chi connectivity index (χ4n) is 4.70. The van der Waals surface area contributed by atoms with Gasteiger partial charge in [0.25, 0.3) is 11.8 Å². The van der Waals surface area contributed by atoms with Crippen molar-refractivity contribution in [2.24, 2.45) is 0 Å². The number of carbonyl (C=O) groups excluding carboxylic acids is 2. The van der Waals surface area contributed by atoms with E-state index in [1.807, 2.05) is 60.4 Å². The van der Waals surface area contributed by atoms with Gasteiger partial charge < -0.3 is 19.4 Å². The summed E-state index contributed by atoms with van der Waals surface area (Å²) in [5.41, 5.74) is 3.72. The predicted octanol–water partition coefficient (Wildman–Crippen LogP) is 6.52. The van der Waals surface area contributed by atoms with Crippen molar-refractivity contribution in [1.82, 2.24) is 4.90 Å². The molecule has 7 heteroatoms. The van der Waals surface area contributed by atoms with Crippen LogP contribution in [0.5, 0.6) is 5.75 Å².